The molecule has 0 aliphatic heterocycles. The summed E-state index contributed by atoms with van der Waals surface area (Å²) < 4.78 is 0. The van der Waals surface area contributed by atoms with Crippen molar-refractivity contribution < 1.29 is 0 Å². The van der Waals surface area contributed by atoms with E-state index in [9.17, 15) is 0 Å². The Hall–Kier alpha value is -0.760. The quantitative estimate of drug-likeness (QED) is 0.710. The van der Waals surface area contributed by atoms with Gasteiger partial charge in [0.05, 0.1) is 0 Å². The van der Waals surface area contributed by atoms with Crippen LogP contribution in [-0.4, -0.2) is 18.1 Å². The first-order valence-electron chi connectivity index (χ1n) is 7.45. The molecular formula is C16H25ClN2. The van der Waals surface area contributed by atoms with Gasteiger partial charge in [-0.25, -0.2) is 4.98 Å². The van der Waals surface area contributed by atoms with Crippen LogP contribution < -0.4 is 4.90 Å². The van der Waals surface area contributed by atoms with E-state index in [1.54, 1.807) is 0 Å². The summed E-state index contributed by atoms with van der Waals surface area (Å²) in [6.07, 6.45) is 4.15. The van der Waals surface area contributed by atoms with Crippen LogP contribution in [0.2, 0.25) is 0 Å². The van der Waals surface area contributed by atoms with Crippen molar-refractivity contribution in [2.75, 3.05) is 18.0 Å². The van der Waals surface area contributed by atoms with Crippen LogP contribution in [0.15, 0.2) is 12.1 Å². The number of nitrogens with zero attached hydrogens (tertiary/aromatic N) is 2. The molecule has 0 atom stereocenters. The fourth-order valence-corrected chi connectivity index (χ4v) is 2.66. The number of halogens is 1. The fourth-order valence-electron chi connectivity index (χ4n) is 2.50. The molecule has 1 heterocycles. The van der Waals surface area contributed by atoms with Gasteiger partial charge >= 0.3 is 0 Å². The first kappa shape index (κ1) is 14.6. The number of pyridine rings is 1. The topological polar surface area (TPSA) is 16.1 Å². The molecule has 19 heavy (non-hydrogen) atoms. The normalized spacial score (nSPS) is 15.6. The molecule has 0 spiro atoms. The van der Waals surface area contributed by atoms with Crippen molar-refractivity contribution in [2.45, 2.75) is 51.8 Å². The van der Waals surface area contributed by atoms with Gasteiger partial charge in [0.25, 0.3) is 0 Å². The molecule has 106 valence electrons. The number of hydrogen-bond acceptors (Lipinski definition) is 2. The highest BCUT2D eigenvalue weighted by Gasteiger charge is 2.21. The van der Waals surface area contributed by atoms with Crippen molar-refractivity contribution >= 4 is 17.4 Å². The third kappa shape index (κ3) is 3.62. The van der Waals surface area contributed by atoms with Gasteiger partial charge in [0, 0.05) is 24.7 Å². The van der Waals surface area contributed by atoms with Crippen LogP contribution in [0.5, 0.6) is 0 Å². The van der Waals surface area contributed by atoms with E-state index in [1.165, 1.54) is 24.8 Å². The molecule has 1 fully saturated rings. The van der Waals surface area contributed by atoms with Crippen LogP contribution in [0.3, 0.4) is 0 Å². The van der Waals surface area contributed by atoms with Crippen molar-refractivity contribution in [3.8, 4) is 0 Å². The third-order valence-electron chi connectivity index (χ3n) is 4.05. The van der Waals surface area contributed by atoms with E-state index in [-0.39, 0.29) is 0 Å². The Morgan fingerprint density at radius 1 is 1.37 bits per heavy atom. The van der Waals surface area contributed by atoms with E-state index in [1.807, 2.05) is 0 Å². The van der Waals surface area contributed by atoms with Crippen LogP contribution in [0, 0.1) is 5.92 Å². The molecule has 2 rings (SSSR count). The van der Waals surface area contributed by atoms with Crippen molar-refractivity contribution in [1.29, 1.82) is 0 Å². The van der Waals surface area contributed by atoms with Gasteiger partial charge in [-0.2, -0.15) is 0 Å². The van der Waals surface area contributed by atoms with Gasteiger partial charge in [0.15, 0.2) is 0 Å². The monoisotopic (exact) mass is 280 g/mol. The van der Waals surface area contributed by atoms with Gasteiger partial charge in [-0.1, -0.05) is 20.3 Å². The maximum absolute atomic E-state index is 6.02. The molecule has 1 aliphatic rings. The van der Waals surface area contributed by atoms with E-state index < -0.39 is 0 Å². The minimum atomic E-state index is 0.448. The van der Waals surface area contributed by atoms with E-state index >= 15 is 0 Å². The Morgan fingerprint density at radius 3 is 2.58 bits per heavy atom. The summed E-state index contributed by atoms with van der Waals surface area (Å²) >= 11 is 6.02. The average Bonchev–Trinajstić information content (AvgIpc) is 2.37. The highest BCUT2D eigenvalue weighted by Crippen LogP contribution is 2.29. The Kier molecular flexibility index (Phi) is 5.09. The molecule has 3 heteroatoms. The van der Waals surface area contributed by atoms with Gasteiger partial charge in [-0.05, 0) is 49.3 Å². The minimum absolute atomic E-state index is 0.448. The summed E-state index contributed by atoms with van der Waals surface area (Å²) in [5, 5.41) is 0. The largest absolute Gasteiger partial charge is 0.357 e. The summed E-state index contributed by atoms with van der Waals surface area (Å²) in [6.45, 7) is 8.75. The van der Waals surface area contributed by atoms with Crippen molar-refractivity contribution in [3.63, 3.8) is 0 Å². The highest BCUT2D eigenvalue weighted by atomic mass is 35.5. The Balaban J connectivity index is 2.21. The first-order chi connectivity index (χ1) is 9.13. The Morgan fingerprint density at radius 2 is 2.11 bits per heavy atom. The molecule has 0 unspecified atom stereocenters. The summed E-state index contributed by atoms with van der Waals surface area (Å²) in [6, 6.07) is 4.29. The zero-order valence-electron chi connectivity index (χ0n) is 12.3. The molecule has 1 saturated carbocycles. The number of alkyl halides is 1. The van der Waals surface area contributed by atoms with E-state index in [0.717, 1.165) is 30.5 Å². The van der Waals surface area contributed by atoms with E-state index in [0.29, 0.717) is 11.8 Å². The predicted octanol–water partition coefficient (Wildman–Crippen LogP) is 4.57. The maximum Gasteiger partial charge on any atom is 0.129 e. The summed E-state index contributed by atoms with van der Waals surface area (Å²) in [4.78, 5) is 7.24. The third-order valence-corrected chi connectivity index (χ3v) is 4.35. The van der Waals surface area contributed by atoms with Gasteiger partial charge in [0.2, 0.25) is 0 Å². The molecule has 0 amide bonds. The average molecular weight is 281 g/mol. The number of anilines is 1. The predicted molar refractivity (Wildman–Crippen MR) is 83.1 cm³/mol. The number of hydrogen-bond donors (Lipinski definition) is 0. The van der Waals surface area contributed by atoms with Crippen molar-refractivity contribution in [2.24, 2.45) is 5.92 Å². The van der Waals surface area contributed by atoms with Crippen LogP contribution >= 0.6 is 11.6 Å². The molecule has 0 radical (unpaired) electrons. The van der Waals surface area contributed by atoms with Crippen LogP contribution in [0.25, 0.3) is 0 Å². The Labute approximate surface area is 122 Å². The van der Waals surface area contributed by atoms with Crippen LogP contribution in [0.4, 0.5) is 5.82 Å². The standard InChI is InChI=1S/C16H25ClN2/c1-4-19(11-13-6-5-7-13)16-9-14(10-17)8-15(18-16)12(2)3/h8-9,12-13H,4-7,10-11H2,1-3H3. The molecule has 0 aromatic carbocycles. The van der Waals surface area contributed by atoms with Crippen LogP contribution in [-0.2, 0) is 5.88 Å². The van der Waals surface area contributed by atoms with Gasteiger partial charge in [0.1, 0.15) is 5.82 Å². The first-order valence-corrected chi connectivity index (χ1v) is 7.99. The lowest BCUT2D eigenvalue weighted by Gasteiger charge is -2.33. The second-order valence-corrected chi connectivity index (χ2v) is 6.15. The zero-order chi connectivity index (χ0) is 13.8. The van der Waals surface area contributed by atoms with Gasteiger partial charge < -0.3 is 4.90 Å². The fraction of sp³-hybridized carbons (Fsp3) is 0.688. The molecular weight excluding hydrogens is 256 g/mol. The number of aromatic nitrogens is 1. The van der Waals surface area contributed by atoms with E-state index in [4.69, 9.17) is 16.6 Å². The van der Waals surface area contributed by atoms with Crippen molar-refractivity contribution in [3.05, 3.63) is 23.4 Å². The second-order valence-electron chi connectivity index (χ2n) is 5.88. The summed E-state index contributed by atoms with van der Waals surface area (Å²) in [7, 11) is 0. The van der Waals surface area contributed by atoms with Crippen molar-refractivity contribution in [1.82, 2.24) is 4.98 Å². The highest BCUT2D eigenvalue weighted by molar-refractivity contribution is 6.17. The molecule has 2 nitrogen and oxygen atoms in total. The second kappa shape index (κ2) is 6.60. The zero-order valence-corrected chi connectivity index (χ0v) is 13.1. The molecule has 1 aromatic rings. The lowest BCUT2D eigenvalue weighted by Crippen LogP contribution is -2.33. The molecule has 0 saturated heterocycles. The van der Waals surface area contributed by atoms with E-state index in [2.05, 4.69) is 37.8 Å². The molecule has 0 bridgehead atoms. The SMILES string of the molecule is CCN(CC1CCC1)c1cc(CCl)cc(C(C)C)n1. The van der Waals surface area contributed by atoms with Gasteiger partial charge in [-0.15, -0.1) is 11.6 Å². The summed E-state index contributed by atoms with van der Waals surface area (Å²) in [5.74, 6) is 2.99. The minimum Gasteiger partial charge on any atom is -0.357 e. The smallest absolute Gasteiger partial charge is 0.129 e. The Bertz CT molecular complexity index is 413. The lowest BCUT2D eigenvalue weighted by molar-refractivity contribution is 0.318. The number of rotatable bonds is 6. The molecule has 1 aromatic heterocycles. The molecule has 1 aliphatic carbocycles. The lowest BCUT2D eigenvalue weighted by atomic mass is 9.85. The summed E-state index contributed by atoms with van der Waals surface area (Å²) in [5.41, 5.74) is 2.34. The van der Waals surface area contributed by atoms with Crippen LogP contribution in [0.1, 0.15) is 57.2 Å². The maximum atomic E-state index is 6.02. The molecule has 0 N–H and O–H groups in total. The van der Waals surface area contributed by atoms with Gasteiger partial charge in [-0.3, -0.25) is 0 Å².